The summed E-state index contributed by atoms with van der Waals surface area (Å²) in [5.74, 6) is -0.334. The molecule has 0 amide bonds. The number of ether oxygens (including phenoxy) is 1. The van der Waals surface area contributed by atoms with Gasteiger partial charge in [0, 0.05) is 11.6 Å². The van der Waals surface area contributed by atoms with Crippen molar-refractivity contribution in [1.29, 1.82) is 0 Å². The lowest BCUT2D eigenvalue weighted by molar-refractivity contribution is -0.131. The van der Waals surface area contributed by atoms with E-state index >= 15 is 0 Å². The van der Waals surface area contributed by atoms with Crippen molar-refractivity contribution >= 4 is 5.97 Å². The summed E-state index contributed by atoms with van der Waals surface area (Å²) in [6.07, 6.45) is 0.260. The zero-order chi connectivity index (χ0) is 7.84. The third kappa shape index (κ3) is 0.981. The predicted molar refractivity (Wildman–Crippen MR) is 35.7 cm³/mol. The second kappa shape index (κ2) is 2.05. The number of carbonyl (C=O) groups excluding carboxylic acids is 1. The van der Waals surface area contributed by atoms with Gasteiger partial charge in [0.2, 0.25) is 0 Å². The molecule has 0 aromatic heterocycles. The molecule has 1 aromatic carbocycles. The van der Waals surface area contributed by atoms with Gasteiger partial charge in [-0.05, 0) is 6.07 Å². The molecule has 1 aliphatic heterocycles. The molecule has 1 aromatic rings. The third-order valence-electron chi connectivity index (χ3n) is 1.59. The van der Waals surface area contributed by atoms with Crippen molar-refractivity contribution in [1.82, 2.24) is 0 Å². The lowest BCUT2D eigenvalue weighted by Crippen LogP contribution is -2.00. The lowest BCUT2D eigenvalue weighted by atomic mass is 10.2. The van der Waals surface area contributed by atoms with E-state index in [9.17, 15) is 9.18 Å². The molecule has 0 atom stereocenters. The Morgan fingerprint density at radius 1 is 1.45 bits per heavy atom. The van der Waals surface area contributed by atoms with Crippen molar-refractivity contribution in [3.8, 4) is 5.75 Å². The summed E-state index contributed by atoms with van der Waals surface area (Å²) in [6, 6.07) is 4.11. The van der Waals surface area contributed by atoms with E-state index in [0.717, 1.165) is 5.56 Å². The number of halogens is 1. The Hall–Kier alpha value is -1.38. The number of esters is 1. The summed E-state index contributed by atoms with van der Waals surface area (Å²) in [5.41, 5.74) is 0.761. The van der Waals surface area contributed by atoms with E-state index in [2.05, 4.69) is 0 Å². The van der Waals surface area contributed by atoms with Crippen molar-refractivity contribution in [3.63, 3.8) is 0 Å². The summed E-state index contributed by atoms with van der Waals surface area (Å²) in [4.78, 5) is 10.7. The Balaban J connectivity index is 2.51. The van der Waals surface area contributed by atoms with Gasteiger partial charge < -0.3 is 4.74 Å². The number of fused-ring (bicyclic) bond motifs is 1. The summed E-state index contributed by atoms with van der Waals surface area (Å²) in [6.45, 7) is 0. The molecule has 0 unspecified atom stereocenters. The minimum absolute atomic E-state index is 0.260. The highest BCUT2D eigenvalue weighted by molar-refractivity contribution is 5.80. The van der Waals surface area contributed by atoms with Crippen LogP contribution >= 0.6 is 0 Å². The van der Waals surface area contributed by atoms with Crippen LogP contribution in [0.2, 0.25) is 0 Å². The quantitative estimate of drug-likeness (QED) is 0.413. The molecule has 0 spiro atoms. The molecular weight excluding hydrogens is 147 g/mol. The van der Waals surface area contributed by atoms with Crippen LogP contribution in [0.1, 0.15) is 5.56 Å². The Morgan fingerprint density at radius 2 is 2.27 bits per heavy atom. The van der Waals surface area contributed by atoms with Crippen molar-refractivity contribution in [2.24, 2.45) is 0 Å². The SMILES string of the molecule is O=C1Cc2ccc(F)cc2O1. The molecule has 0 aliphatic carbocycles. The standard InChI is InChI=1S/C8H5FO2/c9-6-2-1-5-3-8(10)11-7(5)4-6/h1-2,4H,3H2. The molecule has 2 rings (SSSR count). The van der Waals surface area contributed by atoms with Gasteiger partial charge in [-0.1, -0.05) is 6.07 Å². The van der Waals surface area contributed by atoms with Gasteiger partial charge in [0.25, 0.3) is 0 Å². The van der Waals surface area contributed by atoms with E-state index in [0.29, 0.717) is 5.75 Å². The minimum Gasteiger partial charge on any atom is -0.426 e. The summed E-state index contributed by atoms with van der Waals surface area (Å²) in [7, 11) is 0. The Kier molecular flexibility index (Phi) is 1.18. The predicted octanol–water partition coefficient (Wildman–Crippen LogP) is 1.29. The van der Waals surface area contributed by atoms with E-state index in [1.165, 1.54) is 12.1 Å². The highest BCUT2D eigenvalue weighted by Crippen LogP contribution is 2.25. The van der Waals surface area contributed by atoms with E-state index in [1.807, 2.05) is 0 Å². The second-order valence-electron chi connectivity index (χ2n) is 2.40. The fourth-order valence-electron chi connectivity index (χ4n) is 1.08. The van der Waals surface area contributed by atoms with Crippen LogP contribution in [0.25, 0.3) is 0 Å². The molecule has 3 heteroatoms. The first-order valence-electron chi connectivity index (χ1n) is 3.25. The molecule has 0 N–H and O–H groups in total. The molecule has 0 fully saturated rings. The van der Waals surface area contributed by atoms with Gasteiger partial charge in [-0.15, -0.1) is 0 Å². The van der Waals surface area contributed by atoms with E-state index in [1.54, 1.807) is 6.07 Å². The van der Waals surface area contributed by atoms with Gasteiger partial charge in [0.15, 0.2) is 0 Å². The van der Waals surface area contributed by atoms with E-state index in [-0.39, 0.29) is 18.2 Å². The molecule has 2 nitrogen and oxygen atoms in total. The van der Waals surface area contributed by atoms with Crippen LogP contribution in [0.4, 0.5) is 4.39 Å². The minimum atomic E-state index is -0.376. The molecule has 0 bridgehead atoms. The van der Waals surface area contributed by atoms with Crippen LogP contribution in [-0.4, -0.2) is 5.97 Å². The zero-order valence-electron chi connectivity index (χ0n) is 5.63. The first-order chi connectivity index (χ1) is 5.25. The van der Waals surface area contributed by atoms with Crippen LogP contribution in [0.15, 0.2) is 18.2 Å². The average molecular weight is 152 g/mol. The number of benzene rings is 1. The number of hydrogen-bond acceptors (Lipinski definition) is 2. The van der Waals surface area contributed by atoms with Crippen LogP contribution in [-0.2, 0) is 11.2 Å². The van der Waals surface area contributed by atoms with Crippen LogP contribution in [0.5, 0.6) is 5.75 Å². The number of carbonyl (C=O) groups is 1. The van der Waals surface area contributed by atoms with Gasteiger partial charge in [-0.25, -0.2) is 4.39 Å². The maximum Gasteiger partial charge on any atom is 0.315 e. The topological polar surface area (TPSA) is 26.3 Å². The third-order valence-corrected chi connectivity index (χ3v) is 1.59. The molecule has 0 saturated heterocycles. The maximum absolute atomic E-state index is 12.5. The second-order valence-corrected chi connectivity index (χ2v) is 2.40. The molecular formula is C8H5FO2. The fourth-order valence-corrected chi connectivity index (χ4v) is 1.08. The van der Waals surface area contributed by atoms with Gasteiger partial charge in [-0.3, -0.25) is 4.79 Å². The Labute approximate surface area is 62.6 Å². The van der Waals surface area contributed by atoms with Crippen LogP contribution < -0.4 is 4.74 Å². The first-order valence-corrected chi connectivity index (χ1v) is 3.25. The van der Waals surface area contributed by atoms with Gasteiger partial charge in [0.05, 0.1) is 6.42 Å². The number of rotatable bonds is 0. The largest absolute Gasteiger partial charge is 0.426 e. The fraction of sp³-hybridized carbons (Fsp3) is 0.125. The maximum atomic E-state index is 12.5. The molecule has 1 heterocycles. The molecule has 56 valence electrons. The molecule has 0 radical (unpaired) electrons. The summed E-state index contributed by atoms with van der Waals surface area (Å²) in [5, 5.41) is 0. The monoisotopic (exact) mass is 152 g/mol. The molecule has 0 saturated carbocycles. The normalized spacial score (nSPS) is 14.5. The molecule has 11 heavy (non-hydrogen) atoms. The first kappa shape index (κ1) is 6.34. The van der Waals surface area contributed by atoms with Crippen LogP contribution in [0, 0.1) is 5.82 Å². The van der Waals surface area contributed by atoms with Gasteiger partial charge >= 0.3 is 5.97 Å². The lowest BCUT2D eigenvalue weighted by Gasteiger charge is -1.94. The van der Waals surface area contributed by atoms with Crippen molar-refractivity contribution in [3.05, 3.63) is 29.6 Å². The van der Waals surface area contributed by atoms with Crippen molar-refractivity contribution < 1.29 is 13.9 Å². The Morgan fingerprint density at radius 3 is 3.09 bits per heavy atom. The summed E-state index contributed by atoms with van der Waals surface area (Å²) >= 11 is 0. The van der Waals surface area contributed by atoms with Gasteiger partial charge in [-0.2, -0.15) is 0 Å². The van der Waals surface area contributed by atoms with Gasteiger partial charge in [0.1, 0.15) is 11.6 Å². The van der Waals surface area contributed by atoms with Crippen molar-refractivity contribution in [2.45, 2.75) is 6.42 Å². The zero-order valence-corrected chi connectivity index (χ0v) is 5.63. The smallest absolute Gasteiger partial charge is 0.315 e. The Bertz CT molecular complexity index is 320. The van der Waals surface area contributed by atoms with E-state index < -0.39 is 0 Å². The van der Waals surface area contributed by atoms with Crippen LogP contribution in [0.3, 0.4) is 0 Å². The highest BCUT2D eigenvalue weighted by Gasteiger charge is 2.19. The number of hydrogen-bond donors (Lipinski definition) is 0. The van der Waals surface area contributed by atoms with Crippen molar-refractivity contribution in [2.75, 3.05) is 0 Å². The van der Waals surface area contributed by atoms with E-state index in [4.69, 9.17) is 4.74 Å². The summed E-state index contributed by atoms with van der Waals surface area (Å²) < 4.78 is 17.2. The molecule has 1 aliphatic rings. The average Bonchev–Trinajstić information content (AvgIpc) is 2.27. The highest BCUT2D eigenvalue weighted by atomic mass is 19.1.